The second-order valence-corrected chi connectivity index (χ2v) is 5.72. The molecule has 2 heterocycles. The molecule has 0 spiro atoms. The number of H-pyrrole nitrogens is 1. The van der Waals surface area contributed by atoms with Gasteiger partial charge in [0.2, 0.25) is 0 Å². The second-order valence-electron chi connectivity index (χ2n) is 4.48. The van der Waals surface area contributed by atoms with Crippen LogP contribution in [0.25, 0.3) is 10.2 Å². The topological polar surface area (TPSA) is 79.6 Å². The highest BCUT2D eigenvalue weighted by Crippen LogP contribution is 2.31. The van der Waals surface area contributed by atoms with Gasteiger partial charge >= 0.3 is 0 Å². The van der Waals surface area contributed by atoms with E-state index in [0.29, 0.717) is 0 Å². The zero-order valence-electron chi connectivity index (χ0n) is 10.8. The Hall–Kier alpha value is -2.08. The molecule has 3 aromatic rings. The van der Waals surface area contributed by atoms with Crippen LogP contribution in [0.3, 0.4) is 0 Å². The predicted octanol–water partition coefficient (Wildman–Crippen LogP) is 3.08. The minimum atomic E-state index is 0.0643. The van der Waals surface area contributed by atoms with Crippen LogP contribution in [0.2, 0.25) is 0 Å². The number of benzene rings is 1. The fourth-order valence-electron chi connectivity index (χ4n) is 2.05. The summed E-state index contributed by atoms with van der Waals surface area (Å²) in [5.41, 5.74) is 8.68. The predicted molar refractivity (Wildman–Crippen MR) is 79.4 cm³/mol. The van der Waals surface area contributed by atoms with Gasteiger partial charge in [0.1, 0.15) is 5.82 Å². The SMILES string of the molecule is Cc1nc2cc(NC(C)c3ncc[nH]3)c(N)cc2s1. The van der Waals surface area contributed by atoms with Crippen LogP contribution >= 0.6 is 11.3 Å². The van der Waals surface area contributed by atoms with E-state index in [0.717, 1.165) is 32.4 Å². The Kier molecular flexibility index (Phi) is 2.87. The third kappa shape index (κ3) is 2.26. The van der Waals surface area contributed by atoms with Gasteiger partial charge in [-0.1, -0.05) is 0 Å². The lowest BCUT2D eigenvalue weighted by Crippen LogP contribution is -2.09. The number of imidazole rings is 1. The molecule has 3 rings (SSSR count). The van der Waals surface area contributed by atoms with E-state index in [1.807, 2.05) is 32.2 Å². The molecular formula is C13H15N5S. The van der Waals surface area contributed by atoms with Gasteiger partial charge in [0.05, 0.1) is 32.6 Å². The number of nitrogen functional groups attached to an aromatic ring is 1. The summed E-state index contributed by atoms with van der Waals surface area (Å²) >= 11 is 1.65. The van der Waals surface area contributed by atoms with Crippen molar-refractivity contribution in [2.75, 3.05) is 11.1 Å². The summed E-state index contributed by atoms with van der Waals surface area (Å²) in [7, 11) is 0. The van der Waals surface area contributed by atoms with Crippen LogP contribution in [0, 0.1) is 6.92 Å². The summed E-state index contributed by atoms with van der Waals surface area (Å²) < 4.78 is 1.12. The van der Waals surface area contributed by atoms with Crippen LogP contribution in [0.5, 0.6) is 0 Å². The van der Waals surface area contributed by atoms with Crippen LogP contribution in [0.15, 0.2) is 24.5 Å². The minimum Gasteiger partial charge on any atom is -0.397 e. The van der Waals surface area contributed by atoms with Crippen molar-refractivity contribution < 1.29 is 0 Å². The van der Waals surface area contributed by atoms with Crippen molar-refractivity contribution in [3.8, 4) is 0 Å². The number of aromatic amines is 1. The Morgan fingerprint density at radius 2 is 2.26 bits per heavy atom. The molecule has 0 saturated heterocycles. The molecule has 0 aliphatic rings. The fourth-order valence-corrected chi connectivity index (χ4v) is 2.90. The smallest absolute Gasteiger partial charge is 0.128 e. The van der Waals surface area contributed by atoms with E-state index < -0.39 is 0 Å². The van der Waals surface area contributed by atoms with E-state index in [9.17, 15) is 0 Å². The molecule has 5 nitrogen and oxygen atoms in total. The Morgan fingerprint density at radius 1 is 1.42 bits per heavy atom. The number of fused-ring (bicyclic) bond motifs is 1. The summed E-state index contributed by atoms with van der Waals surface area (Å²) in [6.07, 6.45) is 3.55. The van der Waals surface area contributed by atoms with Crippen LogP contribution in [0.1, 0.15) is 23.8 Å². The first-order chi connectivity index (χ1) is 9.13. The van der Waals surface area contributed by atoms with Gasteiger partial charge in [-0.25, -0.2) is 9.97 Å². The molecule has 98 valence electrons. The van der Waals surface area contributed by atoms with Crippen molar-refractivity contribution in [3.05, 3.63) is 35.4 Å². The maximum Gasteiger partial charge on any atom is 0.128 e. The molecule has 1 unspecified atom stereocenters. The average Bonchev–Trinajstić information content (AvgIpc) is 2.97. The van der Waals surface area contributed by atoms with Crippen molar-refractivity contribution in [1.82, 2.24) is 15.0 Å². The van der Waals surface area contributed by atoms with E-state index in [1.54, 1.807) is 17.5 Å². The second kappa shape index (κ2) is 4.55. The molecule has 0 amide bonds. The van der Waals surface area contributed by atoms with E-state index in [4.69, 9.17) is 5.73 Å². The Balaban J connectivity index is 1.94. The van der Waals surface area contributed by atoms with Gasteiger partial charge in [-0.05, 0) is 26.0 Å². The third-order valence-electron chi connectivity index (χ3n) is 2.97. The molecule has 19 heavy (non-hydrogen) atoms. The quantitative estimate of drug-likeness (QED) is 0.641. The normalized spacial score (nSPS) is 12.7. The van der Waals surface area contributed by atoms with E-state index in [1.165, 1.54) is 0 Å². The Labute approximate surface area is 114 Å². The zero-order valence-corrected chi connectivity index (χ0v) is 11.6. The molecule has 0 fully saturated rings. The summed E-state index contributed by atoms with van der Waals surface area (Å²) in [5.74, 6) is 0.883. The highest BCUT2D eigenvalue weighted by atomic mass is 32.1. The van der Waals surface area contributed by atoms with Gasteiger partial charge in [0.15, 0.2) is 0 Å². The average molecular weight is 273 g/mol. The van der Waals surface area contributed by atoms with E-state index in [2.05, 4.69) is 20.3 Å². The van der Waals surface area contributed by atoms with Gasteiger partial charge in [-0.2, -0.15) is 0 Å². The number of anilines is 2. The van der Waals surface area contributed by atoms with Crippen LogP contribution in [0.4, 0.5) is 11.4 Å². The van der Waals surface area contributed by atoms with Gasteiger partial charge in [-0.3, -0.25) is 0 Å². The lowest BCUT2D eigenvalue weighted by atomic mass is 10.2. The lowest BCUT2D eigenvalue weighted by molar-refractivity contribution is 0.811. The highest BCUT2D eigenvalue weighted by Gasteiger charge is 2.11. The largest absolute Gasteiger partial charge is 0.397 e. The summed E-state index contributed by atoms with van der Waals surface area (Å²) in [4.78, 5) is 11.8. The Morgan fingerprint density at radius 3 is 3.00 bits per heavy atom. The first kappa shape index (κ1) is 12.0. The van der Waals surface area contributed by atoms with Crippen molar-refractivity contribution in [1.29, 1.82) is 0 Å². The van der Waals surface area contributed by atoms with E-state index in [-0.39, 0.29) is 6.04 Å². The van der Waals surface area contributed by atoms with Crippen molar-refractivity contribution in [3.63, 3.8) is 0 Å². The molecule has 0 radical (unpaired) electrons. The Bertz CT molecular complexity index is 701. The lowest BCUT2D eigenvalue weighted by Gasteiger charge is -2.14. The maximum atomic E-state index is 6.08. The van der Waals surface area contributed by atoms with Crippen molar-refractivity contribution in [2.24, 2.45) is 0 Å². The summed E-state index contributed by atoms with van der Waals surface area (Å²) in [6, 6.07) is 4.03. The van der Waals surface area contributed by atoms with Crippen molar-refractivity contribution >= 4 is 32.9 Å². The first-order valence-corrected chi connectivity index (χ1v) is 6.87. The molecule has 2 aromatic heterocycles. The monoisotopic (exact) mass is 273 g/mol. The van der Waals surface area contributed by atoms with Gasteiger partial charge in [0.25, 0.3) is 0 Å². The van der Waals surface area contributed by atoms with Gasteiger partial charge < -0.3 is 16.0 Å². The number of nitrogens with two attached hydrogens (primary N) is 1. The number of aryl methyl sites for hydroxylation is 1. The molecule has 4 N–H and O–H groups in total. The maximum absolute atomic E-state index is 6.08. The number of nitrogens with zero attached hydrogens (tertiary/aromatic N) is 2. The minimum absolute atomic E-state index is 0.0643. The highest BCUT2D eigenvalue weighted by molar-refractivity contribution is 7.18. The molecule has 0 aliphatic carbocycles. The third-order valence-corrected chi connectivity index (χ3v) is 3.90. The van der Waals surface area contributed by atoms with Crippen molar-refractivity contribution in [2.45, 2.75) is 19.9 Å². The molecule has 0 bridgehead atoms. The van der Waals surface area contributed by atoms with E-state index >= 15 is 0 Å². The van der Waals surface area contributed by atoms with Gasteiger partial charge in [0, 0.05) is 12.4 Å². The van der Waals surface area contributed by atoms with Crippen LogP contribution in [-0.2, 0) is 0 Å². The molecule has 0 saturated carbocycles. The molecular weight excluding hydrogens is 258 g/mol. The standard InChI is InChI=1S/C13H15N5S/c1-7(13-15-3-4-16-13)17-10-6-11-12(5-9(10)14)19-8(2)18-11/h3-7,17H,14H2,1-2H3,(H,15,16). The number of thiazole rings is 1. The van der Waals surface area contributed by atoms with Gasteiger partial charge in [-0.15, -0.1) is 11.3 Å². The van der Waals surface area contributed by atoms with Crippen LogP contribution < -0.4 is 11.1 Å². The number of nitrogens with one attached hydrogen (secondary N) is 2. The molecule has 6 heteroatoms. The number of aromatic nitrogens is 3. The van der Waals surface area contributed by atoms with Crippen LogP contribution in [-0.4, -0.2) is 15.0 Å². The molecule has 1 atom stereocenters. The molecule has 0 aliphatic heterocycles. The molecule has 1 aromatic carbocycles. The number of hydrogen-bond donors (Lipinski definition) is 3. The number of rotatable bonds is 3. The zero-order chi connectivity index (χ0) is 13.4. The first-order valence-electron chi connectivity index (χ1n) is 6.06. The number of hydrogen-bond acceptors (Lipinski definition) is 5. The summed E-state index contributed by atoms with van der Waals surface area (Å²) in [6.45, 7) is 4.04. The summed E-state index contributed by atoms with van der Waals surface area (Å²) in [5, 5.41) is 4.41. The fraction of sp³-hybridized carbons (Fsp3) is 0.231.